The first-order valence-corrected chi connectivity index (χ1v) is 11.9. The van der Waals surface area contributed by atoms with Crippen LogP contribution in [0.2, 0.25) is 5.02 Å². The molecule has 174 valence electrons. The molecule has 1 aromatic carbocycles. The third kappa shape index (κ3) is 4.32. The third-order valence-corrected chi connectivity index (χ3v) is 7.75. The summed E-state index contributed by atoms with van der Waals surface area (Å²) in [4.78, 5) is 43.8. The topological polar surface area (TPSA) is 73.0 Å². The molecule has 1 aliphatic carbocycles. The van der Waals surface area contributed by atoms with Gasteiger partial charge in [0.25, 0.3) is 5.91 Å². The van der Waals surface area contributed by atoms with Crippen molar-refractivity contribution in [1.29, 1.82) is 0 Å². The molecule has 0 radical (unpaired) electrons. The smallest absolute Gasteiger partial charge is 0.325 e. The monoisotopic (exact) mass is 460 g/mol. The summed E-state index contributed by atoms with van der Waals surface area (Å²) in [6.07, 6.45) is 3.09. The number of anilines is 1. The number of carbonyl (C=O) groups is 3. The summed E-state index contributed by atoms with van der Waals surface area (Å²) in [5.41, 5.74) is 0.319. The van der Waals surface area contributed by atoms with Crippen LogP contribution in [0.5, 0.6) is 0 Å². The first kappa shape index (κ1) is 22.9. The number of imide groups is 1. The largest absolute Gasteiger partial charge is 0.367 e. The molecule has 1 aromatic rings. The van der Waals surface area contributed by atoms with Gasteiger partial charge in [0.15, 0.2) is 0 Å². The summed E-state index contributed by atoms with van der Waals surface area (Å²) in [6.45, 7) is 8.87. The zero-order chi connectivity index (χ0) is 23.1. The van der Waals surface area contributed by atoms with Gasteiger partial charge in [0.1, 0.15) is 12.1 Å². The Morgan fingerprint density at radius 3 is 2.31 bits per heavy atom. The van der Waals surface area contributed by atoms with Crippen molar-refractivity contribution in [3.8, 4) is 0 Å². The molecule has 3 fully saturated rings. The van der Waals surface area contributed by atoms with E-state index >= 15 is 0 Å². The lowest BCUT2D eigenvalue weighted by molar-refractivity contribution is -0.140. The van der Waals surface area contributed by atoms with Gasteiger partial charge in [0.2, 0.25) is 5.91 Å². The molecule has 1 saturated carbocycles. The molecule has 4 amide bonds. The Morgan fingerprint density at radius 2 is 1.72 bits per heavy atom. The Morgan fingerprint density at radius 1 is 1.09 bits per heavy atom. The maximum absolute atomic E-state index is 13.2. The molecule has 0 unspecified atom stereocenters. The van der Waals surface area contributed by atoms with E-state index in [-0.39, 0.29) is 23.8 Å². The molecule has 8 heteroatoms. The second kappa shape index (κ2) is 8.58. The van der Waals surface area contributed by atoms with Crippen LogP contribution in [0, 0.1) is 11.3 Å². The summed E-state index contributed by atoms with van der Waals surface area (Å²) in [6, 6.07) is 7.23. The average Bonchev–Trinajstić information content (AvgIpc) is 2.98. The number of halogens is 1. The molecule has 1 spiro atoms. The molecule has 0 bridgehead atoms. The summed E-state index contributed by atoms with van der Waals surface area (Å²) < 4.78 is 0. The van der Waals surface area contributed by atoms with Crippen LogP contribution < -0.4 is 10.2 Å². The maximum atomic E-state index is 13.2. The summed E-state index contributed by atoms with van der Waals surface area (Å²) in [7, 11) is 0. The van der Waals surface area contributed by atoms with Crippen LogP contribution in [0.1, 0.15) is 46.5 Å². The van der Waals surface area contributed by atoms with Crippen molar-refractivity contribution in [2.45, 2.75) is 52.0 Å². The second-order valence-corrected chi connectivity index (χ2v) is 10.8. The molecular weight excluding hydrogens is 428 g/mol. The Kier molecular flexibility index (Phi) is 6.14. The van der Waals surface area contributed by atoms with Crippen molar-refractivity contribution in [2.75, 3.05) is 37.6 Å². The van der Waals surface area contributed by atoms with Gasteiger partial charge in [-0.25, -0.2) is 4.79 Å². The van der Waals surface area contributed by atoms with E-state index in [0.29, 0.717) is 50.0 Å². The van der Waals surface area contributed by atoms with Crippen LogP contribution in [0.25, 0.3) is 0 Å². The first-order chi connectivity index (χ1) is 15.1. The van der Waals surface area contributed by atoms with Crippen molar-refractivity contribution in [3.05, 3.63) is 29.3 Å². The Labute approximate surface area is 195 Å². The van der Waals surface area contributed by atoms with Gasteiger partial charge in [-0.1, -0.05) is 44.5 Å². The Balaban J connectivity index is 1.34. The van der Waals surface area contributed by atoms with Crippen LogP contribution in [0.3, 0.4) is 0 Å². The molecule has 0 aromatic heterocycles. The van der Waals surface area contributed by atoms with Crippen molar-refractivity contribution in [3.63, 3.8) is 0 Å². The highest BCUT2D eigenvalue weighted by Gasteiger charge is 2.53. The number of urea groups is 1. The first-order valence-electron chi connectivity index (χ1n) is 11.5. The molecule has 2 saturated heterocycles. The number of nitrogens with zero attached hydrogens (tertiary/aromatic N) is 3. The predicted molar refractivity (Wildman–Crippen MR) is 125 cm³/mol. The van der Waals surface area contributed by atoms with Crippen LogP contribution in [-0.2, 0) is 9.59 Å². The molecular formula is C24H33ClN4O3. The summed E-state index contributed by atoms with van der Waals surface area (Å²) in [5, 5.41) is 3.62. The Hall–Kier alpha value is -2.28. The lowest BCUT2D eigenvalue weighted by atomic mass is 9.67. The lowest BCUT2D eigenvalue weighted by Crippen LogP contribution is -2.53. The van der Waals surface area contributed by atoms with Crippen LogP contribution in [0.4, 0.5) is 10.5 Å². The van der Waals surface area contributed by atoms with Gasteiger partial charge in [-0.15, -0.1) is 0 Å². The number of rotatable bonds is 3. The van der Waals surface area contributed by atoms with E-state index in [1.54, 1.807) is 4.90 Å². The SMILES string of the molecule is CC(C)(C)C1CCC2(CC1)NC(=O)N(CC(=O)N1CCN(c3ccccc3Cl)CC1)C2=O. The van der Waals surface area contributed by atoms with Crippen molar-refractivity contribution in [2.24, 2.45) is 11.3 Å². The Bertz CT molecular complexity index is 897. The molecule has 3 aliphatic rings. The van der Waals surface area contributed by atoms with E-state index in [1.807, 2.05) is 24.3 Å². The number of piperazine rings is 1. The lowest BCUT2D eigenvalue weighted by Gasteiger charge is -2.40. The average molecular weight is 461 g/mol. The van der Waals surface area contributed by atoms with E-state index in [2.05, 4.69) is 31.0 Å². The van der Waals surface area contributed by atoms with Gasteiger partial charge < -0.3 is 15.1 Å². The van der Waals surface area contributed by atoms with E-state index in [1.165, 1.54) is 0 Å². The fourth-order valence-corrected chi connectivity index (χ4v) is 5.53. The van der Waals surface area contributed by atoms with Crippen molar-refractivity contribution >= 4 is 35.1 Å². The minimum atomic E-state index is -0.831. The van der Waals surface area contributed by atoms with Gasteiger partial charge in [0.05, 0.1) is 10.7 Å². The molecule has 4 rings (SSSR count). The number of benzene rings is 1. The van der Waals surface area contributed by atoms with Gasteiger partial charge in [0, 0.05) is 26.2 Å². The highest BCUT2D eigenvalue weighted by atomic mass is 35.5. The minimum Gasteiger partial charge on any atom is -0.367 e. The predicted octanol–water partition coefficient (Wildman–Crippen LogP) is 3.52. The molecule has 0 atom stereocenters. The van der Waals surface area contributed by atoms with Crippen molar-refractivity contribution in [1.82, 2.24) is 15.1 Å². The van der Waals surface area contributed by atoms with Crippen LogP contribution in [-0.4, -0.2) is 65.9 Å². The fourth-order valence-electron chi connectivity index (χ4n) is 5.28. The van der Waals surface area contributed by atoms with Gasteiger partial charge >= 0.3 is 6.03 Å². The molecule has 2 heterocycles. The quantitative estimate of drug-likeness (QED) is 0.700. The highest BCUT2D eigenvalue weighted by Crippen LogP contribution is 2.43. The number of hydrogen-bond donors (Lipinski definition) is 1. The van der Waals surface area contributed by atoms with Gasteiger partial charge in [-0.2, -0.15) is 0 Å². The number of para-hydroxylation sites is 1. The number of hydrogen-bond acceptors (Lipinski definition) is 4. The summed E-state index contributed by atoms with van der Waals surface area (Å²) >= 11 is 6.30. The van der Waals surface area contributed by atoms with Gasteiger partial charge in [-0.05, 0) is 49.1 Å². The molecule has 1 N–H and O–H groups in total. The van der Waals surface area contributed by atoms with Crippen molar-refractivity contribution < 1.29 is 14.4 Å². The normalized spacial score (nSPS) is 26.6. The highest BCUT2D eigenvalue weighted by molar-refractivity contribution is 6.33. The van der Waals surface area contributed by atoms with Crippen LogP contribution >= 0.6 is 11.6 Å². The zero-order valence-corrected chi connectivity index (χ0v) is 20.0. The third-order valence-electron chi connectivity index (χ3n) is 7.43. The van der Waals surface area contributed by atoms with Crippen LogP contribution in [0.15, 0.2) is 24.3 Å². The molecule has 2 aliphatic heterocycles. The van der Waals surface area contributed by atoms with E-state index in [0.717, 1.165) is 23.4 Å². The number of amides is 4. The maximum Gasteiger partial charge on any atom is 0.325 e. The zero-order valence-electron chi connectivity index (χ0n) is 19.2. The second-order valence-electron chi connectivity index (χ2n) is 10.4. The van der Waals surface area contributed by atoms with E-state index in [4.69, 9.17) is 11.6 Å². The molecule has 7 nitrogen and oxygen atoms in total. The molecule has 32 heavy (non-hydrogen) atoms. The standard InChI is InChI=1S/C24H33ClN4O3/c1-23(2,3)17-8-10-24(11-9-17)21(31)29(22(32)26-24)16-20(30)28-14-12-27(13-15-28)19-7-5-4-6-18(19)25/h4-7,17H,8-16H2,1-3H3,(H,26,32). The van der Waals surface area contributed by atoms with E-state index < -0.39 is 11.6 Å². The summed E-state index contributed by atoms with van der Waals surface area (Å²) in [5.74, 6) is 0.105. The minimum absolute atomic E-state index is 0.187. The van der Waals surface area contributed by atoms with Gasteiger partial charge in [-0.3, -0.25) is 14.5 Å². The number of nitrogens with one attached hydrogen (secondary N) is 1. The fraction of sp³-hybridized carbons (Fsp3) is 0.625. The number of carbonyl (C=O) groups excluding carboxylic acids is 3. The van der Waals surface area contributed by atoms with E-state index in [9.17, 15) is 14.4 Å².